The van der Waals surface area contributed by atoms with Gasteiger partial charge in [0.15, 0.2) is 6.61 Å². The van der Waals surface area contributed by atoms with Crippen LogP contribution < -0.4 is 0 Å². The lowest BCUT2D eigenvalue weighted by Crippen LogP contribution is -2.41. The van der Waals surface area contributed by atoms with E-state index < -0.39 is 22.9 Å². The Morgan fingerprint density at radius 3 is 2.34 bits per heavy atom. The number of hydrogen-bond acceptors (Lipinski definition) is 6. The normalized spacial score (nSPS) is 20.3. The van der Waals surface area contributed by atoms with Gasteiger partial charge >= 0.3 is 16.3 Å². The number of nitrogens with zero attached hydrogens (tertiary/aromatic N) is 2. The molecule has 1 saturated carbocycles. The lowest BCUT2D eigenvalue weighted by Gasteiger charge is -2.33. The summed E-state index contributed by atoms with van der Waals surface area (Å²) in [5.74, 6) is -1.31. The number of rotatable bonds is 16. The Bertz CT molecular complexity index is 576. The van der Waals surface area contributed by atoms with Crippen molar-refractivity contribution in [1.82, 2.24) is 9.21 Å². The Hall–Kier alpha value is -1.00. The van der Waals surface area contributed by atoms with Crippen LogP contribution in [0.15, 0.2) is 12.7 Å². The van der Waals surface area contributed by atoms with Crippen molar-refractivity contribution in [3.8, 4) is 0 Å². The zero-order valence-corrected chi connectivity index (χ0v) is 18.7. The third-order valence-corrected chi connectivity index (χ3v) is 6.74. The van der Waals surface area contributed by atoms with Gasteiger partial charge in [0.25, 0.3) is 0 Å². The predicted molar refractivity (Wildman–Crippen MR) is 113 cm³/mol. The van der Waals surface area contributed by atoms with Crippen LogP contribution in [-0.4, -0.2) is 81.2 Å². The van der Waals surface area contributed by atoms with Gasteiger partial charge < -0.3 is 14.7 Å². The number of unbranched alkanes of at least 4 members (excludes halogenated alkanes) is 4. The van der Waals surface area contributed by atoms with E-state index in [0.717, 1.165) is 43.3 Å². The molecule has 0 heterocycles. The van der Waals surface area contributed by atoms with Crippen LogP contribution in [0.4, 0.5) is 0 Å². The molecule has 9 heteroatoms. The van der Waals surface area contributed by atoms with E-state index in [-0.39, 0.29) is 12.1 Å². The molecule has 1 aliphatic carbocycles. The number of hydrogen-bond donors (Lipinski definition) is 1. The fourth-order valence-electron chi connectivity index (χ4n) is 3.54. The summed E-state index contributed by atoms with van der Waals surface area (Å²) in [7, 11) is -0.455. The molecule has 29 heavy (non-hydrogen) atoms. The lowest BCUT2D eigenvalue weighted by molar-refractivity contribution is -0.139. The number of carboxylic acid groups (broad SMARTS) is 1. The molecule has 1 N–H and O–H groups in total. The highest BCUT2D eigenvalue weighted by atomic mass is 32.2. The minimum atomic E-state index is -4.01. The van der Waals surface area contributed by atoms with Gasteiger partial charge in [-0.25, -0.2) is 8.98 Å². The number of ether oxygens (including phenoxy) is 1. The molecule has 0 radical (unpaired) electrons. The van der Waals surface area contributed by atoms with Crippen molar-refractivity contribution in [3.05, 3.63) is 12.7 Å². The molecule has 0 aromatic carbocycles. The summed E-state index contributed by atoms with van der Waals surface area (Å²) in [6.07, 6.45) is 11.0. The van der Waals surface area contributed by atoms with Gasteiger partial charge in [-0.2, -0.15) is 12.7 Å². The summed E-state index contributed by atoms with van der Waals surface area (Å²) in [6, 6.07) is -0.173. The Balaban J connectivity index is 2.10. The standard InChI is InChI=1S/C20H38N2O6S/c1-4-14-21(2)15-8-6-5-7-9-16-27-19-12-10-18(11-13-19)22(3)29(25,26)28-17-20(23)24/h4,18-19H,1,5-17H2,2-3H3,(H,23,24). The van der Waals surface area contributed by atoms with Crippen LogP contribution in [0.3, 0.4) is 0 Å². The molecule has 0 aliphatic heterocycles. The molecule has 0 atom stereocenters. The van der Waals surface area contributed by atoms with Gasteiger partial charge in [-0.05, 0) is 52.1 Å². The molecule has 1 rings (SSSR count). The Morgan fingerprint density at radius 1 is 1.10 bits per heavy atom. The Morgan fingerprint density at radius 2 is 1.72 bits per heavy atom. The van der Waals surface area contributed by atoms with Crippen molar-refractivity contribution >= 4 is 16.3 Å². The molecule has 0 spiro atoms. The van der Waals surface area contributed by atoms with E-state index in [1.807, 2.05) is 6.08 Å². The highest BCUT2D eigenvalue weighted by Crippen LogP contribution is 2.26. The number of carbonyl (C=O) groups is 1. The van der Waals surface area contributed by atoms with E-state index in [1.165, 1.54) is 32.7 Å². The molecular weight excluding hydrogens is 396 g/mol. The van der Waals surface area contributed by atoms with Crippen LogP contribution in [0.2, 0.25) is 0 Å². The molecule has 1 fully saturated rings. The SMILES string of the molecule is C=CCN(C)CCCCCCCOC1CCC(N(C)S(=O)(=O)OCC(=O)O)CC1. The van der Waals surface area contributed by atoms with Gasteiger partial charge in [-0.3, -0.25) is 0 Å². The van der Waals surface area contributed by atoms with E-state index in [9.17, 15) is 13.2 Å². The maximum atomic E-state index is 12.0. The third kappa shape index (κ3) is 11.1. The quantitative estimate of drug-likeness (QED) is 0.295. The fraction of sp³-hybridized carbons (Fsp3) is 0.850. The van der Waals surface area contributed by atoms with Crippen molar-refractivity contribution < 1.29 is 27.2 Å². The van der Waals surface area contributed by atoms with Crippen LogP contribution in [0.5, 0.6) is 0 Å². The van der Waals surface area contributed by atoms with E-state index >= 15 is 0 Å². The van der Waals surface area contributed by atoms with Gasteiger partial charge in [-0.15, -0.1) is 6.58 Å². The summed E-state index contributed by atoms with van der Waals surface area (Å²) >= 11 is 0. The second kappa shape index (κ2) is 14.1. The predicted octanol–water partition coefficient (Wildman–Crippen LogP) is 2.66. The van der Waals surface area contributed by atoms with Gasteiger partial charge in [0, 0.05) is 26.2 Å². The fourth-order valence-corrected chi connectivity index (χ4v) is 4.53. The van der Waals surface area contributed by atoms with E-state index in [1.54, 1.807) is 0 Å². The number of likely N-dealkylation sites (N-methyl/N-ethyl adjacent to an activating group) is 1. The first-order valence-corrected chi connectivity index (χ1v) is 11.9. The monoisotopic (exact) mass is 434 g/mol. The first-order chi connectivity index (χ1) is 13.8. The van der Waals surface area contributed by atoms with Gasteiger partial charge in [-0.1, -0.05) is 25.3 Å². The minimum absolute atomic E-state index is 0.173. The van der Waals surface area contributed by atoms with Gasteiger partial charge in [0.2, 0.25) is 0 Å². The van der Waals surface area contributed by atoms with Crippen molar-refractivity contribution in [3.63, 3.8) is 0 Å². The molecule has 0 bridgehead atoms. The highest BCUT2D eigenvalue weighted by Gasteiger charge is 2.31. The third-order valence-electron chi connectivity index (χ3n) is 5.32. The average Bonchev–Trinajstić information content (AvgIpc) is 2.68. The summed E-state index contributed by atoms with van der Waals surface area (Å²) < 4.78 is 35.7. The van der Waals surface area contributed by atoms with Crippen molar-refractivity contribution in [1.29, 1.82) is 0 Å². The largest absolute Gasteiger partial charge is 0.479 e. The molecule has 170 valence electrons. The van der Waals surface area contributed by atoms with Crippen molar-refractivity contribution in [2.45, 2.75) is 69.9 Å². The van der Waals surface area contributed by atoms with E-state index in [2.05, 4.69) is 22.7 Å². The zero-order valence-electron chi connectivity index (χ0n) is 17.9. The topological polar surface area (TPSA) is 96.4 Å². The highest BCUT2D eigenvalue weighted by molar-refractivity contribution is 7.84. The summed E-state index contributed by atoms with van der Waals surface area (Å²) in [5, 5.41) is 8.58. The smallest absolute Gasteiger partial charge is 0.338 e. The summed E-state index contributed by atoms with van der Waals surface area (Å²) in [6.45, 7) is 5.69. The minimum Gasteiger partial charge on any atom is -0.479 e. The van der Waals surface area contributed by atoms with E-state index in [4.69, 9.17) is 9.84 Å². The molecule has 1 aliphatic rings. The first-order valence-electron chi connectivity index (χ1n) is 10.5. The second-order valence-corrected chi connectivity index (χ2v) is 9.42. The number of carboxylic acids is 1. The van der Waals surface area contributed by atoms with Gasteiger partial charge in [0.1, 0.15) is 0 Å². The molecule has 0 aromatic heterocycles. The van der Waals surface area contributed by atoms with Crippen LogP contribution in [0.1, 0.15) is 57.8 Å². The first kappa shape index (κ1) is 26.0. The van der Waals surface area contributed by atoms with Crippen LogP contribution in [0, 0.1) is 0 Å². The second-order valence-electron chi connectivity index (χ2n) is 7.75. The van der Waals surface area contributed by atoms with E-state index in [0.29, 0.717) is 12.8 Å². The molecular formula is C20H38N2O6S. The molecule has 0 saturated heterocycles. The maximum Gasteiger partial charge on any atom is 0.338 e. The molecule has 0 aromatic rings. The number of aliphatic carboxylic acids is 1. The molecule has 0 amide bonds. The Labute approximate surface area is 176 Å². The van der Waals surface area contributed by atoms with Crippen molar-refractivity contribution in [2.75, 3.05) is 40.4 Å². The van der Waals surface area contributed by atoms with Crippen LogP contribution in [-0.2, 0) is 24.0 Å². The van der Waals surface area contributed by atoms with Crippen molar-refractivity contribution in [2.24, 2.45) is 0 Å². The summed E-state index contributed by atoms with van der Waals surface area (Å²) in [4.78, 5) is 12.8. The summed E-state index contributed by atoms with van der Waals surface area (Å²) in [5.41, 5.74) is 0. The van der Waals surface area contributed by atoms with Gasteiger partial charge in [0.05, 0.1) is 6.10 Å². The van der Waals surface area contributed by atoms with Crippen LogP contribution >= 0.6 is 0 Å². The average molecular weight is 435 g/mol. The molecule has 0 unspecified atom stereocenters. The lowest BCUT2D eigenvalue weighted by atomic mass is 9.93. The Kier molecular flexibility index (Phi) is 12.6. The molecule has 8 nitrogen and oxygen atoms in total. The zero-order chi connectivity index (χ0) is 21.7. The van der Waals surface area contributed by atoms with Crippen LogP contribution in [0.25, 0.3) is 0 Å². The maximum absolute atomic E-state index is 12.0.